The van der Waals surface area contributed by atoms with E-state index in [9.17, 15) is 14.4 Å². The van der Waals surface area contributed by atoms with Crippen molar-refractivity contribution in [2.24, 2.45) is 16.9 Å². The van der Waals surface area contributed by atoms with E-state index in [0.717, 1.165) is 16.0 Å². The fraction of sp³-hybridized carbons (Fsp3) is 0.154. The lowest BCUT2D eigenvalue weighted by Gasteiger charge is -2.33. The molecule has 0 aromatic heterocycles. The summed E-state index contributed by atoms with van der Waals surface area (Å²) in [4.78, 5) is 42.5. The molecule has 8 heteroatoms. The second-order valence-electron chi connectivity index (χ2n) is 8.53. The Labute approximate surface area is 205 Å². The van der Waals surface area contributed by atoms with Crippen molar-refractivity contribution in [3.8, 4) is 0 Å². The van der Waals surface area contributed by atoms with Crippen LogP contribution in [0.25, 0.3) is 0 Å². The number of rotatable bonds is 3. The summed E-state index contributed by atoms with van der Waals surface area (Å²) in [5.41, 5.74) is 2.45. The number of para-hydroxylation sites is 1. The van der Waals surface area contributed by atoms with Gasteiger partial charge in [-0.2, -0.15) is 5.10 Å². The summed E-state index contributed by atoms with van der Waals surface area (Å²) in [5.74, 6) is -2.79. The third-order valence-corrected chi connectivity index (χ3v) is 7.36. The van der Waals surface area contributed by atoms with Crippen molar-refractivity contribution in [2.75, 3.05) is 4.90 Å². The lowest BCUT2D eigenvalue weighted by Crippen LogP contribution is -2.44. The molecular formula is C26H17Cl2N3O3. The Kier molecular flexibility index (Phi) is 4.83. The highest BCUT2D eigenvalue weighted by Crippen LogP contribution is 2.53. The van der Waals surface area contributed by atoms with Crippen LogP contribution in [0.1, 0.15) is 27.5 Å². The second kappa shape index (κ2) is 7.79. The number of hydrogen-bond donors (Lipinski definition) is 0. The summed E-state index contributed by atoms with van der Waals surface area (Å²) in [7, 11) is 0. The van der Waals surface area contributed by atoms with Crippen LogP contribution in [0.2, 0.25) is 10.0 Å². The van der Waals surface area contributed by atoms with Gasteiger partial charge < -0.3 is 0 Å². The van der Waals surface area contributed by atoms with E-state index in [-0.39, 0.29) is 11.7 Å². The zero-order valence-corrected chi connectivity index (χ0v) is 19.1. The number of halogens is 2. The van der Waals surface area contributed by atoms with Crippen LogP contribution in [0, 0.1) is 11.8 Å². The average Bonchev–Trinajstić information content (AvgIpc) is 3.32. The first-order chi connectivity index (χ1) is 16.5. The lowest BCUT2D eigenvalue weighted by atomic mass is 9.83. The molecule has 3 aliphatic rings. The number of imide groups is 1. The predicted molar refractivity (Wildman–Crippen MR) is 129 cm³/mol. The van der Waals surface area contributed by atoms with Gasteiger partial charge in [0, 0.05) is 10.6 Å². The summed E-state index contributed by atoms with van der Waals surface area (Å²) < 4.78 is 0. The van der Waals surface area contributed by atoms with E-state index >= 15 is 0 Å². The van der Waals surface area contributed by atoms with Crippen LogP contribution in [0.3, 0.4) is 0 Å². The van der Waals surface area contributed by atoms with Gasteiger partial charge in [-0.05, 0) is 47.5 Å². The van der Waals surface area contributed by atoms with E-state index in [0.29, 0.717) is 21.3 Å². The standard InChI is InChI=1S/C26H17Cl2N3O3/c27-16-11-9-14(10-12-16)24(32)23-21-20(22-17-6-2-1-5-15(17)13-29-31(22)23)25(33)30(26(21)34)19-8-4-3-7-18(19)28/h1-13,20-23H/t20-,21+,22+,23-/m1/s1. The van der Waals surface area contributed by atoms with Crippen molar-refractivity contribution in [1.82, 2.24) is 5.01 Å². The predicted octanol–water partition coefficient (Wildman–Crippen LogP) is 4.75. The monoisotopic (exact) mass is 489 g/mol. The number of hydrazone groups is 1. The molecule has 0 unspecified atom stereocenters. The molecule has 2 saturated heterocycles. The Bertz CT molecular complexity index is 1390. The second-order valence-corrected chi connectivity index (χ2v) is 9.37. The van der Waals surface area contributed by atoms with Gasteiger partial charge in [-0.15, -0.1) is 0 Å². The minimum atomic E-state index is -0.940. The topological polar surface area (TPSA) is 70.0 Å². The number of fused-ring (bicyclic) bond motifs is 5. The minimum Gasteiger partial charge on any atom is -0.292 e. The third-order valence-electron chi connectivity index (χ3n) is 6.78. The van der Waals surface area contributed by atoms with Crippen LogP contribution >= 0.6 is 23.2 Å². The minimum absolute atomic E-state index is 0.284. The van der Waals surface area contributed by atoms with Crippen LogP contribution in [0.15, 0.2) is 77.9 Å². The van der Waals surface area contributed by atoms with Crippen LogP contribution in [-0.4, -0.2) is 34.9 Å². The Morgan fingerprint density at radius 3 is 2.26 bits per heavy atom. The Balaban J connectivity index is 1.51. The lowest BCUT2D eigenvalue weighted by molar-refractivity contribution is -0.124. The fourth-order valence-electron chi connectivity index (χ4n) is 5.32. The van der Waals surface area contributed by atoms with Crippen molar-refractivity contribution < 1.29 is 14.4 Å². The molecule has 0 N–H and O–H groups in total. The zero-order valence-electron chi connectivity index (χ0n) is 17.6. The van der Waals surface area contributed by atoms with Gasteiger partial charge >= 0.3 is 0 Å². The number of carbonyl (C=O) groups is 3. The number of hydrogen-bond acceptors (Lipinski definition) is 5. The third kappa shape index (κ3) is 2.95. The molecule has 0 radical (unpaired) electrons. The highest BCUT2D eigenvalue weighted by Gasteiger charge is 2.65. The Morgan fingerprint density at radius 1 is 0.824 bits per heavy atom. The van der Waals surface area contributed by atoms with Gasteiger partial charge in [-0.3, -0.25) is 19.4 Å². The number of Topliss-reactive ketones (excluding diaryl/α,β-unsaturated/α-hetero) is 1. The molecule has 2 fully saturated rings. The fourth-order valence-corrected chi connectivity index (χ4v) is 5.67. The molecular weight excluding hydrogens is 473 g/mol. The Hall–Kier alpha value is -3.48. The largest absolute Gasteiger partial charge is 0.292 e. The van der Waals surface area contributed by atoms with E-state index in [4.69, 9.17) is 23.2 Å². The van der Waals surface area contributed by atoms with Crippen molar-refractivity contribution in [3.05, 3.63) is 99.5 Å². The van der Waals surface area contributed by atoms with Crippen molar-refractivity contribution in [2.45, 2.75) is 12.1 Å². The SMILES string of the molecule is O=C(c1ccc(Cl)cc1)[C@H]1[C@H]2C(=O)N(c3ccccc3Cl)C(=O)[C@H]2[C@@H]2c3ccccc3C=NN12. The molecule has 34 heavy (non-hydrogen) atoms. The summed E-state index contributed by atoms with van der Waals surface area (Å²) in [5, 5.41) is 6.99. The van der Waals surface area contributed by atoms with Gasteiger partial charge in [0.05, 0.1) is 34.8 Å². The molecule has 3 aromatic carbocycles. The van der Waals surface area contributed by atoms with Gasteiger partial charge in [0.15, 0.2) is 5.78 Å². The maximum atomic E-state index is 13.8. The number of ketones is 1. The first-order valence-corrected chi connectivity index (χ1v) is 11.6. The van der Waals surface area contributed by atoms with Gasteiger partial charge in [-0.25, -0.2) is 4.90 Å². The molecule has 3 heterocycles. The van der Waals surface area contributed by atoms with Gasteiger partial charge in [0.2, 0.25) is 11.8 Å². The molecule has 6 nitrogen and oxygen atoms in total. The molecule has 6 rings (SSSR count). The number of benzene rings is 3. The van der Waals surface area contributed by atoms with Crippen molar-refractivity contribution in [1.29, 1.82) is 0 Å². The van der Waals surface area contributed by atoms with E-state index in [2.05, 4.69) is 5.10 Å². The summed E-state index contributed by atoms with van der Waals surface area (Å²) in [6.45, 7) is 0. The smallest absolute Gasteiger partial charge is 0.240 e. The van der Waals surface area contributed by atoms with E-state index in [1.54, 1.807) is 59.8 Å². The molecule has 0 spiro atoms. The van der Waals surface area contributed by atoms with E-state index < -0.39 is 29.8 Å². The maximum absolute atomic E-state index is 13.8. The molecule has 0 saturated carbocycles. The molecule has 4 atom stereocenters. The number of amides is 2. The summed E-state index contributed by atoms with van der Waals surface area (Å²) in [6, 6.07) is 19.4. The molecule has 168 valence electrons. The molecule has 2 amide bonds. The number of nitrogens with zero attached hydrogens (tertiary/aromatic N) is 3. The summed E-state index contributed by atoms with van der Waals surface area (Å²) >= 11 is 12.4. The van der Waals surface area contributed by atoms with Gasteiger partial charge in [0.25, 0.3) is 0 Å². The number of anilines is 1. The normalized spacial score (nSPS) is 24.8. The number of carbonyl (C=O) groups excluding carboxylic acids is 3. The van der Waals surface area contributed by atoms with Gasteiger partial charge in [-0.1, -0.05) is 59.6 Å². The first-order valence-electron chi connectivity index (χ1n) is 10.8. The molecule has 0 bridgehead atoms. The molecule has 0 aliphatic carbocycles. The Morgan fingerprint density at radius 2 is 1.50 bits per heavy atom. The van der Waals surface area contributed by atoms with E-state index in [1.807, 2.05) is 24.3 Å². The highest BCUT2D eigenvalue weighted by molar-refractivity contribution is 6.36. The first kappa shape index (κ1) is 21.1. The molecule has 3 aromatic rings. The zero-order chi connectivity index (χ0) is 23.6. The molecule has 3 aliphatic heterocycles. The quantitative estimate of drug-likeness (QED) is 0.393. The highest BCUT2D eigenvalue weighted by atomic mass is 35.5. The summed E-state index contributed by atoms with van der Waals surface area (Å²) in [6.07, 6.45) is 1.68. The van der Waals surface area contributed by atoms with Crippen LogP contribution in [0.4, 0.5) is 5.69 Å². The van der Waals surface area contributed by atoms with Crippen LogP contribution in [-0.2, 0) is 9.59 Å². The van der Waals surface area contributed by atoms with Crippen LogP contribution < -0.4 is 4.90 Å². The van der Waals surface area contributed by atoms with Gasteiger partial charge in [0.1, 0.15) is 6.04 Å². The van der Waals surface area contributed by atoms with Crippen molar-refractivity contribution >= 4 is 52.7 Å². The van der Waals surface area contributed by atoms with Crippen LogP contribution in [0.5, 0.6) is 0 Å². The maximum Gasteiger partial charge on any atom is 0.240 e. The van der Waals surface area contributed by atoms with E-state index in [1.165, 1.54) is 0 Å². The van der Waals surface area contributed by atoms with Crippen molar-refractivity contribution in [3.63, 3.8) is 0 Å². The average molecular weight is 490 g/mol.